The van der Waals surface area contributed by atoms with E-state index in [-0.39, 0.29) is 36.6 Å². The lowest BCUT2D eigenvalue weighted by Gasteiger charge is -2.19. The van der Waals surface area contributed by atoms with E-state index in [0.29, 0.717) is 4.88 Å². The maximum absolute atomic E-state index is 12.3. The highest BCUT2D eigenvalue weighted by Gasteiger charge is 2.47. The lowest BCUT2D eigenvalue weighted by Crippen LogP contribution is -2.43. The molecule has 0 spiro atoms. The molecule has 2 aliphatic rings. The van der Waals surface area contributed by atoms with Gasteiger partial charge in [-0.2, -0.15) is 0 Å². The van der Waals surface area contributed by atoms with Crippen LogP contribution in [0.3, 0.4) is 0 Å². The minimum absolute atomic E-state index is 0.0262. The Hall–Kier alpha value is -2.22. The fourth-order valence-corrected chi connectivity index (χ4v) is 3.94. The van der Waals surface area contributed by atoms with Crippen LogP contribution >= 0.6 is 11.3 Å². The van der Waals surface area contributed by atoms with E-state index in [1.54, 1.807) is 17.5 Å². The first-order valence-electron chi connectivity index (χ1n) is 8.06. The molecule has 1 aromatic heterocycles. The highest BCUT2D eigenvalue weighted by molar-refractivity contribution is 7.12. The molecule has 4 amide bonds. The van der Waals surface area contributed by atoms with Gasteiger partial charge in [-0.1, -0.05) is 18.9 Å². The Bertz CT molecular complexity index is 634. The van der Waals surface area contributed by atoms with Crippen molar-refractivity contribution in [2.24, 2.45) is 11.8 Å². The molecule has 1 saturated heterocycles. The molecule has 1 aliphatic heterocycles. The number of hydrogen-bond acceptors (Lipinski definition) is 5. The second-order valence-corrected chi connectivity index (χ2v) is 7.00. The molecule has 2 fully saturated rings. The number of rotatable bonds is 4. The van der Waals surface area contributed by atoms with Gasteiger partial charge in [-0.05, 0) is 24.3 Å². The van der Waals surface area contributed by atoms with Crippen LogP contribution in [0.2, 0.25) is 0 Å². The monoisotopic (exact) mass is 349 g/mol. The summed E-state index contributed by atoms with van der Waals surface area (Å²) in [5.41, 5.74) is 4.62. The number of thiophene rings is 1. The zero-order valence-electron chi connectivity index (χ0n) is 13.1. The van der Waals surface area contributed by atoms with Crippen LogP contribution in [-0.2, 0) is 14.4 Å². The van der Waals surface area contributed by atoms with E-state index in [1.807, 2.05) is 0 Å². The summed E-state index contributed by atoms with van der Waals surface area (Å²) in [4.78, 5) is 49.8. The SMILES string of the molecule is O=C(CCN1C(=O)[C@H]2CCCC[C@@H]2C1=O)NNC(=O)c1cccs1. The second-order valence-electron chi connectivity index (χ2n) is 6.06. The third-order valence-corrected chi connectivity index (χ3v) is 5.42. The van der Waals surface area contributed by atoms with E-state index in [4.69, 9.17) is 0 Å². The van der Waals surface area contributed by atoms with Crippen LogP contribution in [0.5, 0.6) is 0 Å². The van der Waals surface area contributed by atoms with Crippen LogP contribution in [0.15, 0.2) is 17.5 Å². The van der Waals surface area contributed by atoms with Crippen LogP contribution in [0.1, 0.15) is 41.8 Å². The zero-order chi connectivity index (χ0) is 17.1. The van der Waals surface area contributed by atoms with Crippen LogP contribution in [0.25, 0.3) is 0 Å². The van der Waals surface area contributed by atoms with E-state index in [0.717, 1.165) is 25.7 Å². The van der Waals surface area contributed by atoms with Crippen molar-refractivity contribution in [1.29, 1.82) is 0 Å². The molecule has 8 heteroatoms. The molecule has 0 unspecified atom stereocenters. The summed E-state index contributed by atoms with van der Waals surface area (Å²) in [6.07, 6.45) is 3.44. The lowest BCUT2D eigenvalue weighted by molar-refractivity contribution is -0.140. The van der Waals surface area contributed by atoms with Crippen LogP contribution in [0, 0.1) is 11.8 Å². The highest BCUT2D eigenvalue weighted by atomic mass is 32.1. The summed E-state index contributed by atoms with van der Waals surface area (Å²) < 4.78 is 0. The van der Waals surface area contributed by atoms with Crippen molar-refractivity contribution in [2.45, 2.75) is 32.1 Å². The normalized spacial score (nSPS) is 23.1. The molecule has 1 aliphatic carbocycles. The van der Waals surface area contributed by atoms with Gasteiger partial charge in [-0.3, -0.25) is 34.9 Å². The molecule has 0 radical (unpaired) electrons. The minimum atomic E-state index is -0.435. The van der Waals surface area contributed by atoms with Crippen LogP contribution in [0.4, 0.5) is 0 Å². The van der Waals surface area contributed by atoms with Gasteiger partial charge in [0.05, 0.1) is 16.7 Å². The fourth-order valence-electron chi connectivity index (χ4n) is 3.32. The average molecular weight is 349 g/mol. The number of nitrogens with zero attached hydrogens (tertiary/aromatic N) is 1. The van der Waals surface area contributed by atoms with Crippen molar-refractivity contribution >= 4 is 35.0 Å². The number of fused-ring (bicyclic) bond motifs is 1. The van der Waals surface area contributed by atoms with Gasteiger partial charge in [0.2, 0.25) is 17.7 Å². The molecule has 24 heavy (non-hydrogen) atoms. The van der Waals surface area contributed by atoms with E-state index in [1.165, 1.54) is 16.2 Å². The van der Waals surface area contributed by atoms with Crippen molar-refractivity contribution < 1.29 is 19.2 Å². The van der Waals surface area contributed by atoms with Crippen LogP contribution in [-0.4, -0.2) is 35.1 Å². The largest absolute Gasteiger partial charge is 0.282 e. The zero-order valence-corrected chi connectivity index (χ0v) is 13.9. The molecular weight excluding hydrogens is 330 g/mol. The van der Waals surface area contributed by atoms with Gasteiger partial charge >= 0.3 is 0 Å². The summed E-state index contributed by atoms with van der Waals surface area (Å²) in [7, 11) is 0. The third-order valence-electron chi connectivity index (χ3n) is 4.56. The molecule has 7 nitrogen and oxygen atoms in total. The minimum Gasteiger partial charge on any atom is -0.282 e. The number of imide groups is 1. The van der Waals surface area contributed by atoms with E-state index in [9.17, 15) is 19.2 Å². The van der Waals surface area contributed by atoms with Gasteiger partial charge in [-0.25, -0.2) is 0 Å². The molecule has 0 aromatic carbocycles. The van der Waals surface area contributed by atoms with Crippen molar-refractivity contribution in [3.8, 4) is 0 Å². The Labute approximate surface area is 143 Å². The lowest BCUT2D eigenvalue weighted by atomic mass is 9.81. The van der Waals surface area contributed by atoms with Gasteiger partial charge in [-0.15, -0.1) is 11.3 Å². The maximum Gasteiger partial charge on any atom is 0.279 e. The van der Waals surface area contributed by atoms with E-state index < -0.39 is 11.8 Å². The van der Waals surface area contributed by atoms with Gasteiger partial charge in [0.25, 0.3) is 5.91 Å². The predicted octanol–water partition coefficient (Wildman–Crippen LogP) is 1.07. The first kappa shape index (κ1) is 16.6. The van der Waals surface area contributed by atoms with Crippen molar-refractivity contribution in [1.82, 2.24) is 15.8 Å². The smallest absolute Gasteiger partial charge is 0.279 e. The van der Waals surface area contributed by atoms with Gasteiger partial charge < -0.3 is 0 Å². The quantitative estimate of drug-likeness (QED) is 0.628. The van der Waals surface area contributed by atoms with Gasteiger partial charge in [0, 0.05) is 13.0 Å². The summed E-state index contributed by atoms with van der Waals surface area (Å²) >= 11 is 1.27. The highest BCUT2D eigenvalue weighted by Crippen LogP contribution is 2.37. The summed E-state index contributed by atoms with van der Waals surface area (Å²) in [5, 5.41) is 1.76. The number of nitrogens with one attached hydrogen (secondary N) is 2. The number of hydrazine groups is 1. The Morgan fingerprint density at radius 3 is 2.38 bits per heavy atom. The first-order valence-corrected chi connectivity index (χ1v) is 8.94. The third kappa shape index (κ3) is 3.33. The van der Waals surface area contributed by atoms with Crippen molar-refractivity contribution in [3.05, 3.63) is 22.4 Å². The molecule has 1 saturated carbocycles. The molecule has 0 bridgehead atoms. The predicted molar refractivity (Wildman–Crippen MR) is 86.7 cm³/mol. The molecule has 1 aromatic rings. The molecule has 2 atom stereocenters. The summed E-state index contributed by atoms with van der Waals surface area (Å²) in [6.45, 7) is 0.0609. The molecule has 2 heterocycles. The molecular formula is C16H19N3O4S. The maximum atomic E-state index is 12.3. The van der Waals surface area contributed by atoms with E-state index in [2.05, 4.69) is 10.9 Å². The number of likely N-dealkylation sites (tertiary alicyclic amines) is 1. The van der Waals surface area contributed by atoms with Crippen molar-refractivity contribution in [2.75, 3.05) is 6.54 Å². The molecule has 128 valence electrons. The first-order chi connectivity index (χ1) is 11.6. The number of amides is 4. The summed E-state index contributed by atoms with van der Waals surface area (Å²) in [6, 6.07) is 3.39. The van der Waals surface area contributed by atoms with Crippen LogP contribution < -0.4 is 10.9 Å². The Kier molecular flexibility index (Phi) is 4.94. The number of carbonyl (C=O) groups excluding carboxylic acids is 4. The standard InChI is InChI=1S/C16H19N3O4S/c20-13(17-18-14(21)12-6-3-9-24-12)7-8-19-15(22)10-4-1-2-5-11(10)16(19)23/h3,6,9-11H,1-2,4-5,7-8H2,(H,17,20)(H,18,21)/t10-,11-/m0/s1. The van der Waals surface area contributed by atoms with Gasteiger partial charge in [0.15, 0.2) is 0 Å². The van der Waals surface area contributed by atoms with E-state index >= 15 is 0 Å². The Morgan fingerprint density at radius 2 is 1.79 bits per heavy atom. The molecule has 2 N–H and O–H groups in total. The topological polar surface area (TPSA) is 95.6 Å². The second kappa shape index (κ2) is 7.12. The molecule has 3 rings (SSSR count). The fraction of sp³-hybridized carbons (Fsp3) is 0.500. The number of hydrogen-bond donors (Lipinski definition) is 2. The Balaban J connectivity index is 1.47. The van der Waals surface area contributed by atoms with Gasteiger partial charge in [0.1, 0.15) is 0 Å². The summed E-state index contributed by atoms with van der Waals surface area (Å²) in [5.74, 6) is -1.53. The number of carbonyl (C=O) groups is 4. The van der Waals surface area contributed by atoms with Crippen molar-refractivity contribution in [3.63, 3.8) is 0 Å². The average Bonchev–Trinajstić information content (AvgIpc) is 3.20. The Morgan fingerprint density at radius 1 is 1.12 bits per heavy atom.